The van der Waals surface area contributed by atoms with Gasteiger partial charge >= 0.3 is 0 Å². The third-order valence-corrected chi connectivity index (χ3v) is 1.47. The van der Waals surface area contributed by atoms with Crippen LogP contribution in [0.25, 0.3) is 0 Å². The van der Waals surface area contributed by atoms with E-state index in [0.717, 1.165) is 19.4 Å². The summed E-state index contributed by atoms with van der Waals surface area (Å²) < 4.78 is 1.89. The monoisotopic (exact) mass is 149 g/mol. The Morgan fingerprint density at radius 1 is 1.73 bits per heavy atom. The maximum absolute atomic E-state index is 5.52. The van der Waals surface area contributed by atoms with E-state index < -0.39 is 0 Å². The first kappa shape index (κ1) is 7.67. The number of aryl methyl sites for hydroxylation is 1. The first-order chi connectivity index (χ1) is 5.34. The van der Waals surface area contributed by atoms with Crippen LogP contribution in [0, 0.1) is 12.3 Å². The summed E-state index contributed by atoms with van der Waals surface area (Å²) in [5.74, 6) is 3.13. The number of rotatable bonds is 3. The Balaban J connectivity index is 2.40. The van der Waals surface area contributed by atoms with Gasteiger partial charge in [0.2, 0.25) is 0 Å². The molecule has 0 radical (unpaired) electrons. The standard InChI is InChI=1S/C8H11N3/c1-2-3-4-6-11-7-5-10-8(11)9/h1,5,7H,3-4,6H2,(H2,9,10). The summed E-state index contributed by atoms with van der Waals surface area (Å²) in [5.41, 5.74) is 5.52. The van der Waals surface area contributed by atoms with Crippen molar-refractivity contribution in [3.63, 3.8) is 0 Å². The summed E-state index contributed by atoms with van der Waals surface area (Å²) in [6.45, 7) is 0.857. The lowest BCUT2D eigenvalue weighted by molar-refractivity contribution is 0.663. The van der Waals surface area contributed by atoms with Gasteiger partial charge in [0, 0.05) is 25.4 Å². The molecule has 0 aliphatic carbocycles. The minimum absolute atomic E-state index is 0.557. The van der Waals surface area contributed by atoms with E-state index in [0.29, 0.717) is 5.95 Å². The summed E-state index contributed by atoms with van der Waals surface area (Å²) in [6.07, 6.45) is 10.4. The van der Waals surface area contributed by atoms with Crippen LogP contribution in [-0.2, 0) is 6.54 Å². The summed E-state index contributed by atoms with van der Waals surface area (Å²) in [5, 5.41) is 0. The van der Waals surface area contributed by atoms with Crippen LogP contribution in [0.2, 0.25) is 0 Å². The summed E-state index contributed by atoms with van der Waals surface area (Å²) in [7, 11) is 0. The second-order valence-corrected chi connectivity index (χ2v) is 2.29. The van der Waals surface area contributed by atoms with Gasteiger partial charge in [0.05, 0.1) is 0 Å². The number of nitrogens with two attached hydrogens (primary N) is 1. The second kappa shape index (κ2) is 3.67. The molecule has 0 bridgehead atoms. The van der Waals surface area contributed by atoms with E-state index in [1.165, 1.54) is 0 Å². The molecule has 0 aliphatic rings. The van der Waals surface area contributed by atoms with Gasteiger partial charge in [0.1, 0.15) is 0 Å². The van der Waals surface area contributed by atoms with Crippen molar-refractivity contribution < 1.29 is 0 Å². The molecule has 0 amide bonds. The number of terminal acetylenes is 1. The Morgan fingerprint density at radius 3 is 3.09 bits per heavy atom. The van der Waals surface area contributed by atoms with Crippen LogP contribution in [0.3, 0.4) is 0 Å². The number of aromatic nitrogens is 2. The molecule has 0 fully saturated rings. The Kier molecular flexibility index (Phi) is 2.56. The molecule has 1 rings (SSSR count). The van der Waals surface area contributed by atoms with Crippen molar-refractivity contribution in [1.29, 1.82) is 0 Å². The quantitative estimate of drug-likeness (QED) is 0.512. The third kappa shape index (κ3) is 2.01. The van der Waals surface area contributed by atoms with Gasteiger partial charge in [-0.05, 0) is 6.42 Å². The van der Waals surface area contributed by atoms with Gasteiger partial charge in [0.15, 0.2) is 5.95 Å². The van der Waals surface area contributed by atoms with Crippen molar-refractivity contribution in [3.05, 3.63) is 12.4 Å². The van der Waals surface area contributed by atoms with E-state index in [2.05, 4.69) is 10.9 Å². The highest BCUT2D eigenvalue weighted by Crippen LogP contribution is 2.00. The highest BCUT2D eigenvalue weighted by Gasteiger charge is 1.94. The van der Waals surface area contributed by atoms with Gasteiger partial charge in [0.25, 0.3) is 0 Å². The normalized spacial score (nSPS) is 9.36. The molecule has 0 unspecified atom stereocenters. The average molecular weight is 149 g/mol. The SMILES string of the molecule is C#CCCCn1ccnc1N. The van der Waals surface area contributed by atoms with Gasteiger partial charge in [-0.25, -0.2) is 4.98 Å². The fourth-order valence-corrected chi connectivity index (χ4v) is 0.881. The highest BCUT2D eigenvalue weighted by molar-refractivity contribution is 5.16. The average Bonchev–Trinajstić information content (AvgIpc) is 2.37. The summed E-state index contributed by atoms with van der Waals surface area (Å²) in [6, 6.07) is 0. The van der Waals surface area contributed by atoms with Gasteiger partial charge in [-0.2, -0.15) is 0 Å². The van der Waals surface area contributed by atoms with Crippen molar-refractivity contribution >= 4 is 5.95 Å². The smallest absolute Gasteiger partial charge is 0.200 e. The minimum Gasteiger partial charge on any atom is -0.369 e. The molecule has 0 spiro atoms. The van der Waals surface area contributed by atoms with Gasteiger partial charge < -0.3 is 10.3 Å². The molecule has 1 heterocycles. The number of unbranched alkanes of at least 4 members (excludes halogenated alkanes) is 1. The zero-order valence-electron chi connectivity index (χ0n) is 6.33. The summed E-state index contributed by atoms with van der Waals surface area (Å²) in [4.78, 5) is 3.88. The molecule has 58 valence electrons. The van der Waals surface area contributed by atoms with Crippen molar-refractivity contribution in [2.24, 2.45) is 0 Å². The number of nitrogen functional groups attached to an aromatic ring is 1. The third-order valence-electron chi connectivity index (χ3n) is 1.47. The largest absolute Gasteiger partial charge is 0.369 e. The molecule has 0 aromatic carbocycles. The van der Waals surface area contributed by atoms with Crippen LogP contribution in [0.5, 0.6) is 0 Å². The predicted molar refractivity (Wildman–Crippen MR) is 44.7 cm³/mol. The lowest BCUT2D eigenvalue weighted by Crippen LogP contribution is -2.01. The minimum atomic E-state index is 0.557. The Labute approximate surface area is 66.2 Å². The molecule has 11 heavy (non-hydrogen) atoms. The number of hydrogen-bond donors (Lipinski definition) is 1. The van der Waals surface area contributed by atoms with Gasteiger partial charge in [-0.1, -0.05) is 0 Å². The maximum Gasteiger partial charge on any atom is 0.200 e. The number of nitrogens with zero attached hydrogens (tertiary/aromatic N) is 2. The number of anilines is 1. The highest BCUT2D eigenvalue weighted by atomic mass is 15.1. The van der Waals surface area contributed by atoms with E-state index in [1.807, 2.05) is 10.8 Å². The molecule has 1 aromatic rings. The van der Waals surface area contributed by atoms with Crippen LogP contribution in [0.1, 0.15) is 12.8 Å². The molecular weight excluding hydrogens is 138 g/mol. The maximum atomic E-state index is 5.52. The Bertz CT molecular complexity index is 257. The lowest BCUT2D eigenvalue weighted by atomic mass is 10.3. The van der Waals surface area contributed by atoms with Crippen LogP contribution in [0.15, 0.2) is 12.4 Å². The molecule has 3 nitrogen and oxygen atoms in total. The van der Waals surface area contributed by atoms with Crippen molar-refractivity contribution in [2.45, 2.75) is 19.4 Å². The topological polar surface area (TPSA) is 43.8 Å². The summed E-state index contributed by atoms with van der Waals surface area (Å²) >= 11 is 0. The van der Waals surface area contributed by atoms with Crippen LogP contribution < -0.4 is 5.73 Å². The zero-order chi connectivity index (χ0) is 8.10. The van der Waals surface area contributed by atoms with Crippen LogP contribution >= 0.6 is 0 Å². The second-order valence-electron chi connectivity index (χ2n) is 2.29. The van der Waals surface area contributed by atoms with Crippen molar-refractivity contribution in [2.75, 3.05) is 5.73 Å². The fourth-order valence-electron chi connectivity index (χ4n) is 0.881. The van der Waals surface area contributed by atoms with Gasteiger partial charge in [-0.3, -0.25) is 0 Å². The Morgan fingerprint density at radius 2 is 2.55 bits per heavy atom. The predicted octanol–water partition coefficient (Wildman–Crippen LogP) is 0.879. The number of hydrogen-bond acceptors (Lipinski definition) is 2. The van der Waals surface area contributed by atoms with Crippen LogP contribution in [0.4, 0.5) is 5.95 Å². The van der Waals surface area contributed by atoms with Crippen molar-refractivity contribution in [1.82, 2.24) is 9.55 Å². The molecule has 0 aliphatic heterocycles. The molecule has 2 N–H and O–H groups in total. The van der Waals surface area contributed by atoms with Gasteiger partial charge in [-0.15, -0.1) is 12.3 Å². The van der Waals surface area contributed by atoms with Crippen LogP contribution in [-0.4, -0.2) is 9.55 Å². The van der Waals surface area contributed by atoms with E-state index >= 15 is 0 Å². The molecular formula is C8H11N3. The lowest BCUT2D eigenvalue weighted by Gasteiger charge is -2.00. The van der Waals surface area contributed by atoms with E-state index in [-0.39, 0.29) is 0 Å². The first-order valence-corrected chi connectivity index (χ1v) is 3.54. The Hall–Kier alpha value is -1.43. The molecule has 1 aromatic heterocycles. The molecule has 0 atom stereocenters. The van der Waals surface area contributed by atoms with E-state index in [4.69, 9.17) is 12.2 Å². The molecule has 3 heteroatoms. The first-order valence-electron chi connectivity index (χ1n) is 3.54. The van der Waals surface area contributed by atoms with E-state index in [1.54, 1.807) is 6.20 Å². The zero-order valence-corrected chi connectivity index (χ0v) is 6.33. The fraction of sp³-hybridized carbons (Fsp3) is 0.375. The molecule has 0 saturated carbocycles. The molecule has 0 saturated heterocycles. The van der Waals surface area contributed by atoms with E-state index in [9.17, 15) is 0 Å². The van der Waals surface area contributed by atoms with Crippen molar-refractivity contribution in [3.8, 4) is 12.3 Å². The number of imidazole rings is 1.